The number of carbonyl (C=O) groups excluding carboxylic acids is 1. The second-order valence-electron chi connectivity index (χ2n) is 6.45. The number of nitrogens with zero attached hydrogens (tertiary/aromatic N) is 3. The normalized spacial score (nSPS) is 12.3. The van der Waals surface area contributed by atoms with Gasteiger partial charge in [0.05, 0.1) is 17.2 Å². The minimum Gasteiger partial charge on any atom is -0.454 e. The van der Waals surface area contributed by atoms with Crippen molar-refractivity contribution < 1.29 is 14.3 Å². The van der Waals surface area contributed by atoms with Gasteiger partial charge in [0.25, 0.3) is 5.56 Å². The summed E-state index contributed by atoms with van der Waals surface area (Å²) in [4.78, 5) is 30.9. The van der Waals surface area contributed by atoms with Crippen LogP contribution in [0.5, 0.6) is 11.5 Å². The second kappa shape index (κ2) is 7.11. The van der Waals surface area contributed by atoms with Crippen molar-refractivity contribution in [1.29, 1.82) is 0 Å². The zero-order valence-corrected chi connectivity index (χ0v) is 14.9. The van der Waals surface area contributed by atoms with Crippen LogP contribution in [0.3, 0.4) is 0 Å². The van der Waals surface area contributed by atoms with Gasteiger partial charge in [0.2, 0.25) is 12.7 Å². The van der Waals surface area contributed by atoms with E-state index in [2.05, 4.69) is 4.98 Å². The molecule has 0 saturated carbocycles. The van der Waals surface area contributed by atoms with Gasteiger partial charge < -0.3 is 14.4 Å². The highest BCUT2D eigenvalue weighted by Gasteiger charge is 2.15. The van der Waals surface area contributed by atoms with Crippen LogP contribution < -0.4 is 15.0 Å². The van der Waals surface area contributed by atoms with Gasteiger partial charge in [-0.15, -0.1) is 0 Å². The molecule has 3 aromatic rings. The molecule has 2 heterocycles. The minimum atomic E-state index is -0.133. The third-order valence-electron chi connectivity index (χ3n) is 4.58. The van der Waals surface area contributed by atoms with Crippen molar-refractivity contribution >= 4 is 16.8 Å². The molecule has 1 aliphatic heterocycles. The number of benzene rings is 2. The molecule has 0 aliphatic carbocycles. The van der Waals surface area contributed by atoms with E-state index in [4.69, 9.17) is 9.47 Å². The number of carbonyl (C=O) groups is 1. The van der Waals surface area contributed by atoms with Crippen molar-refractivity contribution in [3.8, 4) is 11.5 Å². The Morgan fingerprint density at radius 2 is 2.00 bits per heavy atom. The highest BCUT2D eigenvalue weighted by molar-refractivity contribution is 5.77. The van der Waals surface area contributed by atoms with Crippen LogP contribution in [0.2, 0.25) is 0 Å². The van der Waals surface area contributed by atoms with Crippen LogP contribution >= 0.6 is 0 Å². The topological polar surface area (TPSA) is 73.7 Å². The van der Waals surface area contributed by atoms with E-state index in [1.165, 1.54) is 10.9 Å². The van der Waals surface area contributed by atoms with E-state index in [1.54, 1.807) is 30.1 Å². The molecule has 0 radical (unpaired) electrons. The number of aryl methyl sites for hydroxylation is 1. The first-order valence-electron chi connectivity index (χ1n) is 8.68. The Morgan fingerprint density at radius 1 is 1.19 bits per heavy atom. The second-order valence-corrected chi connectivity index (χ2v) is 6.45. The first-order valence-corrected chi connectivity index (χ1v) is 8.68. The zero-order chi connectivity index (χ0) is 18.8. The fourth-order valence-electron chi connectivity index (χ4n) is 3.07. The third kappa shape index (κ3) is 3.48. The van der Waals surface area contributed by atoms with Gasteiger partial charge in [0, 0.05) is 26.6 Å². The highest BCUT2D eigenvalue weighted by atomic mass is 16.7. The number of ether oxygens (including phenoxy) is 2. The van der Waals surface area contributed by atoms with Crippen molar-refractivity contribution in [2.45, 2.75) is 19.5 Å². The summed E-state index contributed by atoms with van der Waals surface area (Å²) in [6.45, 7) is 0.976. The molecule has 7 heteroatoms. The maximum absolute atomic E-state index is 12.5. The molecule has 1 aromatic heterocycles. The number of hydrogen-bond donors (Lipinski definition) is 0. The van der Waals surface area contributed by atoms with Gasteiger partial charge in [-0.25, -0.2) is 4.98 Å². The molecule has 0 N–H and O–H groups in total. The molecule has 0 bridgehead atoms. The lowest BCUT2D eigenvalue weighted by Gasteiger charge is -2.18. The van der Waals surface area contributed by atoms with Crippen LogP contribution in [0.1, 0.15) is 12.0 Å². The van der Waals surface area contributed by atoms with Crippen LogP contribution in [0.4, 0.5) is 0 Å². The highest BCUT2D eigenvalue weighted by Crippen LogP contribution is 2.32. The van der Waals surface area contributed by atoms with E-state index in [0.29, 0.717) is 29.7 Å². The third-order valence-corrected chi connectivity index (χ3v) is 4.58. The molecule has 1 amide bonds. The predicted molar refractivity (Wildman–Crippen MR) is 99.7 cm³/mol. The van der Waals surface area contributed by atoms with Crippen LogP contribution in [-0.2, 0) is 17.9 Å². The van der Waals surface area contributed by atoms with Crippen LogP contribution in [0.15, 0.2) is 53.6 Å². The van der Waals surface area contributed by atoms with E-state index in [-0.39, 0.29) is 24.7 Å². The largest absolute Gasteiger partial charge is 0.454 e. The Morgan fingerprint density at radius 3 is 2.89 bits per heavy atom. The Kier molecular flexibility index (Phi) is 4.50. The monoisotopic (exact) mass is 365 g/mol. The lowest BCUT2D eigenvalue weighted by atomic mass is 10.2. The maximum atomic E-state index is 12.5. The Bertz CT molecular complexity index is 1060. The lowest BCUT2D eigenvalue weighted by molar-refractivity contribution is -0.130. The number of fused-ring (bicyclic) bond motifs is 2. The van der Waals surface area contributed by atoms with E-state index in [9.17, 15) is 9.59 Å². The zero-order valence-electron chi connectivity index (χ0n) is 14.9. The van der Waals surface area contributed by atoms with Crippen LogP contribution in [-0.4, -0.2) is 34.2 Å². The number of amides is 1. The SMILES string of the molecule is CN(Cc1ccc2c(c1)OCO2)C(=O)CCn1cnc2ccccc2c1=O. The Balaban J connectivity index is 1.40. The quantitative estimate of drug-likeness (QED) is 0.693. The van der Waals surface area contributed by atoms with Gasteiger partial charge in [-0.05, 0) is 29.8 Å². The molecule has 0 atom stereocenters. The first kappa shape index (κ1) is 17.1. The number of hydrogen-bond acceptors (Lipinski definition) is 5. The average molecular weight is 365 g/mol. The van der Waals surface area contributed by atoms with Gasteiger partial charge in [0.1, 0.15) is 0 Å². The van der Waals surface area contributed by atoms with Crippen molar-refractivity contribution in [3.63, 3.8) is 0 Å². The van der Waals surface area contributed by atoms with Crippen molar-refractivity contribution in [2.24, 2.45) is 0 Å². The summed E-state index contributed by atoms with van der Waals surface area (Å²) in [5.41, 5.74) is 1.48. The predicted octanol–water partition coefficient (Wildman–Crippen LogP) is 2.17. The summed E-state index contributed by atoms with van der Waals surface area (Å²) in [6.07, 6.45) is 1.72. The summed E-state index contributed by atoms with van der Waals surface area (Å²) < 4.78 is 12.1. The smallest absolute Gasteiger partial charge is 0.261 e. The molecule has 4 rings (SSSR count). The van der Waals surface area contributed by atoms with Crippen molar-refractivity contribution in [2.75, 3.05) is 13.8 Å². The average Bonchev–Trinajstić information content (AvgIpc) is 3.15. The molecule has 0 saturated heterocycles. The summed E-state index contributed by atoms with van der Waals surface area (Å²) >= 11 is 0. The molecule has 0 spiro atoms. The van der Waals surface area contributed by atoms with E-state index in [1.807, 2.05) is 24.3 Å². The van der Waals surface area contributed by atoms with Crippen molar-refractivity contribution in [3.05, 3.63) is 64.7 Å². The molecule has 0 fully saturated rings. The van der Waals surface area contributed by atoms with E-state index < -0.39 is 0 Å². The molecule has 7 nitrogen and oxygen atoms in total. The van der Waals surface area contributed by atoms with Gasteiger partial charge in [-0.3, -0.25) is 14.2 Å². The summed E-state index contributed by atoms with van der Waals surface area (Å²) in [5, 5.41) is 0.557. The van der Waals surface area contributed by atoms with Gasteiger partial charge >= 0.3 is 0 Å². The number of rotatable bonds is 5. The molecular weight excluding hydrogens is 346 g/mol. The molecule has 0 unspecified atom stereocenters. The molecular formula is C20H19N3O4. The standard InChI is InChI=1S/C20H19N3O4/c1-22(11-14-6-7-17-18(10-14)27-13-26-17)19(24)8-9-23-12-21-16-5-3-2-4-15(16)20(23)25/h2-7,10,12H,8-9,11,13H2,1H3. The Labute approximate surface area is 155 Å². The summed E-state index contributed by atoms with van der Waals surface area (Å²) in [7, 11) is 1.74. The van der Waals surface area contributed by atoms with E-state index >= 15 is 0 Å². The number of aromatic nitrogens is 2. The fourth-order valence-corrected chi connectivity index (χ4v) is 3.07. The summed E-state index contributed by atoms with van der Waals surface area (Å²) in [6, 6.07) is 12.8. The first-order chi connectivity index (χ1) is 13.1. The number of para-hydroxylation sites is 1. The maximum Gasteiger partial charge on any atom is 0.261 e. The molecule has 2 aromatic carbocycles. The van der Waals surface area contributed by atoms with Crippen LogP contribution in [0, 0.1) is 0 Å². The van der Waals surface area contributed by atoms with Crippen LogP contribution in [0.25, 0.3) is 10.9 Å². The van der Waals surface area contributed by atoms with E-state index in [0.717, 1.165) is 11.3 Å². The van der Waals surface area contributed by atoms with Gasteiger partial charge in [0.15, 0.2) is 11.5 Å². The Hall–Kier alpha value is -3.35. The van der Waals surface area contributed by atoms with Crippen molar-refractivity contribution in [1.82, 2.24) is 14.5 Å². The summed E-state index contributed by atoms with van der Waals surface area (Å²) in [5.74, 6) is 1.37. The van der Waals surface area contributed by atoms with Gasteiger partial charge in [-0.2, -0.15) is 0 Å². The molecule has 1 aliphatic rings. The molecule has 138 valence electrons. The minimum absolute atomic E-state index is 0.0484. The fraction of sp³-hybridized carbons (Fsp3) is 0.250. The molecule has 27 heavy (non-hydrogen) atoms. The lowest BCUT2D eigenvalue weighted by Crippen LogP contribution is -2.29. The van der Waals surface area contributed by atoms with Gasteiger partial charge in [-0.1, -0.05) is 18.2 Å².